The molecular formula is C24H26Cl2N4O2. The molecule has 32 heavy (non-hydrogen) atoms. The van der Waals surface area contributed by atoms with E-state index in [1.54, 1.807) is 35.0 Å². The Labute approximate surface area is 198 Å². The third-order valence-corrected chi connectivity index (χ3v) is 5.49. The molecule has 0 radical (unpaired) electrons. The van der Waals surface area contributed by atoms with Crippen LogP contribution in [0.4, 0.5) is 0 Å². The van der Waals surface area contributed by atoms with E-state index < -0.39 is 11.9 Å². The second-order valence-corrected chi connectivity index (χ2v) is 8.95. The Morgan fingerprint density at radius 2 is 1.84 bits per heavy atom. The molecule has 0 saturated carbocycles. The van der Waals surface area contributed by atoms with Gasteiger partial charge in [-0.05, 0) is 42.7 Å². The lowest BCUT2D eigenvalue weighted by Gasteiger charge is -2.25. The molecule has 0 fully saturated rings. The fourth-order valence-electron chi connectivity index (χ4n) is 3.38. The van der Waals surface area contributed by atoms with E-state index >= 15 is 0 Å². The average molecular weight is 473 g/mol. The summed E-state index contributed by atoms with van der Waals surface area (Å²) in [6, 6.07) is 13.7. The molecule has 2 amide bonds. The quantitative estimate of drug-likeness (QED) is 0.502. The summed E-state index contributed by atoms with van der Waals surface area (Å²) < 4.78 is 1.77. The molecule has 0 saturated heterocycles. The first kappa shape index (κ1) is 23.8. The maximum atomic E-state index is 13.2. The van der Waals surface area contributed by atoms with Crippen molar-refractivity contribution in [3.8, 4) is 5.69 Å². The van der Waals surface area contributed by atoms with Gasteiger partial charge in [0.2, 0.25) is 5.91 Å². The minimum atomic E-state index is -0.677. The standard InChI is InChI=1S/C24H26Cl2N4O2/c1-16(2)11-22(28-23(31)20-10-9-18(25)12-21(20)26)24(32)29(3)14-17-13-27-30(15-17)19-7-5-4-6-8-19/h4-10,12-13,15-16,22H,11,14H2,1-3H3,(H,28,31). The molecule has 1 unspecified atom stereocenters. The molecule has 1 aromatic heterocycles. The molecule has 1 N–H and O–H groups in total. The van der Waals surface area contributed by atoms with Gasteiger partial charge in [-0.15, -0.1) is 0 Å². The molecule has 1 heterocycles. The van der Waals surface area contributed by atoms with Gasteiger partial charge in [-0.3, -0.25) is 9.59 Å². The predicted molar refractivity (Wildman–Crippen MR) is 127 cm³/mol. The van der Waals surface area contributed by atoms with Gasteiger partial charge in [0.15, 0.2) is 0 Å². The highest BCUT2D eigenvalue weighted by Gasteiger charge is 2.26. The summed E-state index contributed by atoms with van der Waals surface area (Å²) in [6.45, 7) is 4.38. The van der Waals surface area contributed by atoms with Crippen LogP contribution in [0.3, 0.4) is 0 Å². The Morgan fingerprint density at radius 3 is 2.50 bits per heavy atom. The predicted octanol–water partition coefficient (Wildman–Crippen LogP) is 4.98. The normalized spacial score (nSPS) is 11.9. The maximum absolute atomic E-state index is 13.2. The van der Waals surface area contributed by atoms with Crippen LogP contribution in [-0.4, -0.2) is 39.6 Å². The summed E-state index contributed by atoms with van der Waals surface area (Å²) in [7, 11) is 1.72. The van der Waals surface area contributed by atoms with Gasteiger partial charge in [-0.2, -0.15) is 5.10 Å². The van der Waals surface area contributed by atoms with E-state index in [1.165, 1.54) is 6.07 Å². The number of carbonyl (C=O) groups is 2. The van der Waals surface area contributed by atoms with Crippen LogP contribution in [-0.2, 0) is 11.3 Å². The van der Waals surface area contributed by atoms with Crippen molar-refractivity contribution in [1.82, 2.24) is 20.0 Å². The number of rotatable bonds is 8. The monoisotopic (exact) mass is 472 g/mol. The van der Waals surface area contributed by atoms with Gasteiger partial charge < -0.3 is 10.2 Å². The maximum Gasteiger partial charge on any atom is 0.253 e. The van der Waals surface area contributed by atoms with Crippen LogP contribution in [0, 0.1) is 5.92 Å². The van der Waals surface area contributed by atoms with Crippen molar-refractivity contribution in [2.45, 2.75) is 32.9 Å². The Morgan fingerprint density at radius 1 is 1.12 bits per heavy atom. The van der Waals surface area contributed by atoms with E-state index in [-0.39, 0.29) is 22.4 Å². The fraction of sp³-hybridized carbons (Fsp3) is 0.292. The number of hydrogen-bond donors (Lipinski definition) is 1. The van der Waals surface area contributed by atoms with Crippen molar-refractivity contribution in [2.24, 2.45) is 5.92 Å². The van der Waals surface area contributed by atoms with Crippen LogP contribution in [0.5, 0.6) is 0 Å². The van der Waals surface area contributed by atoms with Gasteiger partial charge in [-0.25, -0.2) is 4.68 Å². The van der Waals surface area contributed by atoms with E-state index in [0.717, 1.165) is 11.3 Å². The number of halogens is 2. The van der Waals surface area contributed by atoms with E-state index in [2.05, 4.69) is 10.4 Å². The Balaban J connectivity index is 1.71. The molecule has 0 bridgehead atoms. The topological polar surface area (TPSA) is 67.2 Å². The number of carbonyl (C=O) groups excluding carboxylic acids is 2. The molecule has 0 aliphatic rings. The summed E-state index contributed by atoms with van der Waals surface area (Å²) in [5.74, 6) is -0.375. The summed E-state index contributed by atoms with van der Waals surface area (Å²) >= 11 is 12.1. The van der Waals surface area contributed by atoms with Gasteiger partial charge in [0.1, 0.15) is 6.04 Å². The first-order chi connectivity index (χ1) is 15.2. The largest absolute Gasteiger partial charge is 0.340 e. The van der Waals surface area contributed by atoms with Crippen LogP contribution in [0.1, 0.15) is 36.2 Å². The smallest absolute Gasteiger partial charge is 0.253 e. The zero-order chi connectivity index (χ0) is 23.3. The number of para-hydroxylation sites is 1. The van der Waals surface area contributed by atoms with Gasteiger partial charge in [0, 0.05) is 30.4 Å². The molecule has 2 aromatic carbocycles. The van der Waals surface area contributed by atoms with Crippen LogP contribution >= 0.6 is 23.2 Å². The van der Waals surface area contributed by atoms with Crippen molar-refractivity contribution >= 4 is 35.0 Å². The summed E-state index contributed by atoms with van der Waals surface area (Å²) in [5, 5.41) is 7.91. The Kier molecular flexibility index (Phi) is 7.94. The highest BCUT2D eigenvalue weighted by atomic mass is 35.5. The molecule has 0 aliphatic carbocycles. The fourth-order valence-corrected chi connectivity index (χ4v) is 3.88. The lowest BCUT2D eigenvalue weighted by atomic mass is 10.0. The number of likely N-dealkylation sites (N-methyl/N-ethyl adjacent to an activating group) is 1. The van der Waals surface area contributed by atoms with Crippen LogP contribution in [0.25, 0.3) is 5.69 Å². The molecule has 0 spiro atoms. The molecule has 8 heteroatoms. The van der Waals surface area contributed by atoms with Gasteiger partial charge in [0.05, 0.1) is 22.5 Å². The molecule has 3 rings (SSSR count). The summed E-state index contributed by atoms with van der Waals surface area (Å²) in [5.41, 5.74) is 2.11. The average Bonchev–Trinajstić information content (AvgIpc) is 3.21. The first-order valence-corrected chi connectivity index (χ1v) is 11.1. The third kappa shape index (κ3) is 6.11. The van der Waals surface area contributed by atoms with Crippen LogP contribution in [0.15, 0.2) is 60.9 Å². The second kappa shape index (κ2) is 10.7. The molecule has 168 valence electrons. The zero-order valence-electron chi connectivity index (χ0n) is 18.3. The van der Waals surface area contributed by atoms with E-state index in [4.69, 9.17) is 23.2 Å². The Hall–Kier alpha value is -2.83. The number of nitrogens with zero attached hydrogens (tertiary/aromatic N) is 3. The first-order valence-electron chi connectivity index (χ1n) is 10.3. The van der Waals surface area contributed by atoms with Gasteiger partial charge in [0.25, 0.3) is 5.91 Å². The van der Waals surface area contributed by atoms with Gasteiger partial charge in [-0.1, -0.05) is 55.2 Å². The third-order valence-electron chi connectivity index (χ3n) is 4.94. The SMILES string of the molecule is CC(C)CC(NC(=O)c1ccc(Cl)cc1Cl)C(=O)N(C)Cc1cnn(-c2ccccc2)c1. The number of nitrogens with one attached hydrogen (secondary N) is 1. The van der Waals surface area contributed by atoms with Crippen molar-refractivity contribution in [3.05, 3.63) is 82.1 Å². The van der Waals surface area contributed by atoms with Crippen molar-refractivity contribution < 1.29 is 9.59 Å². The zero-order valence-corrected chi connectivity index (χ0v) is 19.8. The molecule has 6 nitrogen and oxygen atoms in total. The highest BCUT2D eigenvalue weighted by Crippen LogP contribution is 2.21. The van der Waals surface area contributed by atoms with E-state index in [0.29, 0.717) is 18.0 Å². The van der Waals surface area contributed by atoms with Gasteiger partial charge >= 0.3 is 0 Å². The molecular weight excluding hydrogens is 447 g/mol. The molecule has 0 aliphatic heterocycles. The van der Waals surface area contributed by atoms with Crippen molar-refractivity contribution in [1.29, 1.82) is 0 Å². The summed E-state index contributed by atoms with van der Waals surface area (Å²) in [6.07, 6.45) is 4.13. The van der Waals surface area contributed by atoms with Crippen molar-refractivity contribution in [3.63, 3.8) is 0 Å². The highest BCUT2D eigenvalue weighted by molar-refractivity contribution is 6.36. The Bertz CT molecular complexity index is 1080. The minimum Gasteiger partial charge on any atom is -0.340 e. The number of aromatic nitrogens is 2. The lowest BCUT2D eigenvalue weighted by Crippen LogP contribution is -2.47. The van der Waals surface area contributed by atoms with Crippen LogP contribution in [0.2, 0.25) is 10.0 Å². The van der Waals surface area contributed by atoms with E-state index in [9.17, 15) is 9.59 Å². The lowest BCUT2D eigenvalue weighted by molar-refractivity contribution is -0.132. The van der Waals surface area contributed by atoms with Crippen LogP contribution < -0.4 is 5.32 Å². The minimum absolute atomic E-state index is 0.176. The second-order valence-electron chi connectivity index (χ2n) is 8.10. The number of amides is 2. The summed E-state index contributed by atoms with van der Waals surface area (Å²) in [4.78, 5) is 27.6. The molecule has 3 aromatic rings. The number of hydrogen-bond acceptors (Lipinski definition) is 3. The van der Waals surface area contributed by atoms with E-state index in [1.807, 2.05) is 50.4 Å². The molecule has 1 atom stereocenters. The number of benzene rings is 2. The van der Waals surface area contributed by atoms with Crippen molar-refractivity contribution in [2.75, 3.05) is 7.05 Å².